The fraction of sp³-hybridized carbons (Fsp3) is 1.00. The van der Waals surface area contributed by atoms with Crippen LogP contribution in [0, 0.1) is 11.8 Å². The van der Waals surface area contributed by atoms with Gasteiger partial charge in [0.2, 0.25) is 0 Å². The van der Waals surface area contributed by atoms with Gasteiger partial charge in [-0.3, -0.25) is 0 Å². The van der Waals surface area contributed by atoms with Gasteiger partial charge in [0, 0.05) is 0 Å². The van der Waals surface area contributed by atoms with Crippen LogP contribution in [-0.4, -0.2) is 14.6 Å². The Morgan fingerprint density at radius 2 is 1.23 bits per heavy atom. The molecule has 2 aliphatic carbocycles. The minimum Gasteiger partial charge on any atom is -0.438 e. The molecule has 0 aromatic rings. The number of rotatable bonds is 3. The standard InChI is InChI=1S/C11H22OSi/c12-13-11(9-5-1-2-6-9)10-7-3-4-8-10/h9-12H,1-8,13H2. The molecule has 1 nitrogen and oxygen atoms in total. The fourth-order valence-corrected chi connectivity index (χ4v) is 4.99. The zero-order valence-electron chi connectivity index (χ0n) is 8.54. The van der Waals surface area contributed by atoms with E-state index in [4.69, 9.17) is 0 Å². The van der Waals surface area contributed by atoms with E-state index in [9.17, 15) is 4.80 Å². The van der Waals surface area contributed by atoms with E-state index in [1.165, 1.54) is 51.4 Å². The third-order valence-electron chi connectivity index (χ3n) is 4.22. The van der Waals surface area contributed by atoms with E-state index in [-0.39, 0.29) is 0 Å². The maximum atomic E-state index is 9.59. The summed E-state index contributed by atoms with van der Waals surface area (Å²) in [4.78, 5) is 9.59. The zero-order valence-corrected chi connectivity index (χ0v) is 9.96. The minimum absolute atomic E-state index is 0.731. The molecule has 2 rings (SSSR count). The smallest absolute Gasteiger partial charge is 0.160 e. The first kappa shape index (κ1) is 9.72. The number of hydrogen-bond donors (Lipinski definition) is 1. The van der Waals surface area contributed by atoms with Crippen molar-refractivity contribution < 1.29 is 4.80 Å². The first-order valence-electron chi connectivity index (χ1n) is 6.02. The molecule has 0 spiro atoms. The number of hydrogen-bond acceptors (Lipinski definition) is 1. The van der Waals surface area contributed by atoms with Crippen LogP contribution in [0.5, 0.6) is 0 Å². The second-order valence-corrected chi connectivity index (χ2v) is 6.24. The molecule has 76 valence electrons. The van der Waals surface area contributed by atoms with E-state index in [1.807, 2.05) is 0 Å². The van der Waals surface area contributed by atoms with Gasteiger partial charge in [0.1, 0.15) is 0 Å². The summed E-state index contributed by atoms with van der Waals surface area (Å²) in [6.45, 7) is 0. The summed E-state index contributed by atoms with van der Waals surface area (Å²) in [7, 11) is -0.731. The molecule has 2 heteroatoms. The molecule has 13 heavy (non-hydrogen) atoms. The van der Waals surface area contributed by atoms with E-state index >= 15 is 0 Å². The summed E-state index contributed by atoms with van der Waals surface area (Å²) in [5.41, 5.74) is 0.796. The monoisotopic (exact) mass is 198 g/mol. The summed E-state index contributed by atoms with van der Waals surface area (Å²) in [6.07, 6.45) is 11.4. The van der Waals surface area contributed by atoms with Crippen LogP contribution in [0.1, 0.15) is 51.4 Å². The van der Waals surface area contributed by atoms with Gasteiger partial charge in [0.25, 0.3) is 0 Å². The Balaban J connectivity index is 1.90. The predicted molar refractivity (Wildman–Crippen MR) is 58.4 cm³/mol. The van der Waals surface area contributed by atoms with Crippen LogP contribution in [0.3, 0.4) is 0 Å². The van der Waals surface area contributed by atoms with E-state index < -0.39 is 9.76 Å². The molecule has 0 amide bonds. The Labute approximate surface area is 83.9 Å². The highest BCUT2D eigenvalue weighted by atomic mass is 28.2. The van der Waals surface area contributed by atoms with Gasteiger partial charge in [-0.1, -0.05) is 51.4 Å². The molecule has 0 saturated heterocycles. The summed E-state index contributed by atoms with van der Waals surface area (Å²) < 4.78 is 0. The molecule has 0 aromatic heterocycles. The lowest BCUT2D eigenvalue weighted by atomic mass is 9.91. The molecule has 0 heterocycles. The summed E-state index contributed by atoms with van der Waals surface area (Å²) >= 11 is 0. The van der Waals surface area contributed by atoms with Gasteiger partial charge < -0.3 is 4.80 Å². The SMILES string of the molecule is O[SiH2]C(C1CCCC1)C1CCCC1. The molecule has 2 fully saturated rings. The average molecular weight is 198 g/mol. The molecule has 0 atom stereocenters. The maximum absolute atomic E-state index is 9.59. The van der Waals surface area contributed by atoms with Crippen molar-refractivity contribution in [1.29, 1.82) is 0 Å². The quantitative estimate of drug-likeness (QED) is 0.690. The van der Waals surface area contributed by atoms with Crippen molar-refractivity contribution in [1.82, 2.24) is 0 Å². The lowest BCUT2D eigenvalue weighted by Crippen LogP contribution is -2.20. The van der Waals surface area contributed by atoms with Crippen LogP contribution in [0.2, 0.25) is 5.54 Å². The predicted octanol–water partition coefficient (Wildman–Crippen LogP) is 2.23. The Bertz CT molecular complexity index is 132. The molecular formula is C11H22OSi. The topological polar surface area (TPSA) is 20.2 Å². The van der Waals surface area contributed by atoms with Crippen molar-refractivity contribution in [3.8, 4) is 0 Å². The summed E-state index contributed by atoms with van der Waals surface area (Å²) in [5, 5.41) is 0. The van der Waals surface area contributed by atoms with Crippen LogP contribution in [0.15, 0.2) is 0 Å². The molecule has 0 unspecified atom stereocenters. The van der Waals surface area contributed by atoms with Crippen molar-refractivity contribution in [3.63, 3.8) is 0 Å². The molecule has 0 aliphatic heterocycles. The van der Waals surface area contributed by atoms with Crippen LogP contribution >= 0.6 is 0 Å². The average Bonchev–Trinajstić information content (AvgIpc) is 2.76. The van der Waals surface area contributed by atoms with Crippen molar-refractivity contribution in [2.45, 2.75) is 56.9 Å². The Hall–Kier alpha value is 0.177. The minimum atomic E-state index is -0.731. The van der Waals surface area contributed by atoms with Gasteiger partial charge in [0.05, 0.1) is 0 Å². The zero-order chi connectivity index (χ0) is 9.10. The normalized spacial score (nSPS) is 27.2. The lowest BCUT2D eigenvalue weighted by Gasteiger charge is -2.26. The highest BCUT2D eigenvalue weighted by Crippen LogP contribution is 2.44. The van der Waals surface area contributed by atoms with E-state index in [0.29, 0.717) is 0 Å². The molecular weight excluding hydrogens is 176 g/mol. The second-order valence-electron chi connectivity index (χ2n) is 4.94. The Kier molecular flexibility index (Phi) is 3.44. The van der Waals surface area contributed by atoms with Crippen molar-refractivity contribution >= 4 is 9.76 Å². The van der Waals surface area contributed by atoms with E-state index in [1.54, 1.807) is 0 Å². The summed E-state index contributed by atoms with van der Waals surface area (Å²) in [5.74, 6) is 1.86. The first-order valence-corrected chi connectivity index (χ1v) is 7.47. The van der Waals surface area contributed by atoms with Gasteiger partial charge >= 0.3 is 0 Å². The van der Waals surface area contributed by atoms with Gasteiger partial charge in [-0.05, 0) is 17.4 Å². The molecule has 0 bridgehead atoms. The van der Waals surface area contributed by atoms with Crippen LogP contribution in [0.4, 0.5) is 0 Å². The van der Waals surface area contributed by atoms with Crippen LogP contribution < -0.4 is 0 Å². The third-order valence-corrected chi connectivity index (χ3v) is 5.98. The van der Waals surface area contributed by atoms with Crippen LogP contribution in [-0.2, 0) is 0 Å². The molecule has 2 saturated carbocycles. The fourth-order valence-electron chi connectivity index (χ4n) is 3.45. The highest BCUT2D eigenvalue weighted by Gasteiger charge is 2.32. The maximum Gasteiger partial charge on any atom is 0.160 e. The van der Waals surface area contributed by atoms with Gasteiger partial charge in [-0.15, -0.1) is 0 Å². The molecule has 1 N–H and O–H groups in total. The Morgan fingerprint density at radius 1 is 0.846 bits per heavy atom. The van der Waals surface area contributed by atoms with Gasteiger partial charge in [0.15, 0.2) is 9.76 Å². The van der Waals surface area contributed by atoms with Crippen LogP contribution in [0.25, 0.3) is 0 Å². The van der Waals surface area contributed by atoms with Crippen molar-refractivity contribution in [2.24, 2.45) is 11.8 Å². The van der Waals surface area contributed by atoms with Gasteiger partial charge in [-0.25, -0.2) is 0 Å². The second kappa shape index (κ2) is 4.60. The third kappa shape index (κ3) is 2.16. The molecule has 2 aliphatic rings. The summed E-state index contributed by atoms with van der Waals surface area (Å²) in [6, 6.07) is 0. The largest absolute Gasteiger partial charge is 0.438 e. The van der Waals surface area contributed by atoms with Crippen molar-refractivity contribution in [3.05, 3.63) is 0 Å². The van der Waals surface area contributed by atoms with E-state index in [0.717, 1.165) is 17.4 Å². The van der Waals surface area contributed by atoms with Gasteiger partial charge in [-0.2, -0.15) is 0 Å². The van der Waals surface area contributed by atoms with E-state index in [2.05, 4.69) is 0 Å². The van der Waals surface area contributed by atoms with Crippen molar-refractivity contribution in [2.75, 3.05) is 0 Å². The molecule has 0 aromatic carbocycles. The first-order chi connectivity index (χ1) is 6.42. The molecule has 0 radical (unpaired) electrons. The Morgan fingerprint density at radius 3 is 1.54 bits per heavy atom. The highest BCUT2D eigenvalue weighted by molar-refractivity contribution is 6.28. The lowest BCUT2D eigenvalue weighted by molar-refractivity contribution is 0.357.